The summed E-state index contributed by atoms with van der Waals surface area (Å²) in [6, 6.07) is 4.05. The molecule has 3 rings (SSSR count). The van der Waals surface area contributed by atoms with Gasteiger partial charge in [0.05, 0.1) is 12.3 Å². The van der Waals surface area contributed by atoms with Crippen LogP contribution in [-0.4, -0.2) is 38.3 Å². The molecule has 0 unspecified atom stereocenters. The first-order chi connectivity index (χ1) is 16.4. The predicted molar refractivity (Wildman–Crippen MR) is 116 cm³/mol. The van der Waals surface area contributed by atoms with Crippen LogP contribution in [0.1, 0.15) is 19.5 Å². The van der Waals surface area contributed by atoms with Crippen molar-refractivity contribution in [2.75, 3.05) is 13.2 Å². The molecule has 0 saturated carbocycles. The molecule has 0 aliphatic heterocycles. The Morgan fingerprint density at radius 1 is 1.23 bits per heavy atom. The van der Waals surface area contributed by atoms with Crippen molar-refractivity contribution in [3.8, 4) is 23.3 Å². The molecule has 0 bridgehead atoms. The zero-order valence-electron chi connectivity index (χ0n) is 18.6. The van der Waals surface area contributed by atoms with Gasteiger partial charge in [0.15, 0.2) is 24.0 Å². The SMILES string of the molecule is CCOC(=O)COc1ncccc1Oc1nc(-n2c(=O)cc(C(C)(F)F)n(C)c2=O)c(F)cc1Cl. The molecule has 0 saturated heterocycles. The Balaban J connectivity index is 2.05. The van der Waals surface area contributed by atoms with E-state index in [1.54, 1.807) is 6.92 Å². The van der Waals surface area contributed by atoms with Crippen molar-refractivity contribution in [1.29, 1.82) is 0 Å². The van der Waals surface area contributed by atoms with E-state index in [4.69, 9.17) is 25.8 Å². The first-order valence-electron chi connectivity index (χ1n) is 9.93. The van der Waals surface area contributed by atoms with Crippen LogP contribution in [-0.2, 0) is 22.5 Å². The molecule has 0 aliphatic rings. The lowest BCUT2D eigenvalue weighted by Gasteiger charge is -2.17. The number of rotatable bonds is 8. The highest BCUT2D eigenvalue weighted by Gasteiger charge is 2.30. The molecule has 0 fully saturated rings. The fourth-order valence-corrected chi connectivity index (χ4v) is 3.08. The number of carbonyl (C=O) groups is 1. The monoisotopic (exact) mass is 514 g/mol. The maximum Gasteiger partial charge on any atom is 0.344 e. The lowest BCUT2D eigenvalue weighted by molar-refractivity contribution is -0.145. The summed E-state index contributed by atoms with van der Waals surface area (Å²) in [5.41, 5.74) is -3.38. The number of nitrogens with zero attached hydrogens (tertiary/aromatic N) is 4. The fourth-order valence-electron chi connectivity index (χ4n) is 2.91. The molecule has 0 spiro atoms. The third kappa shape index (κ3) is 5.62. The van der Waals surface area contributed by atoms with Crippen LogP contribution in [0.2, 0.25) is 5.02 Å². The molecule has 35 heavy (non-hydrogen) atoms. The van der Waals surface area contributed by atoms with Gasteiger partial charge in [0.2, 0.25) is 5.88 Å². The third-order valence-corrected chi connectivity index (χ3v) is 4.71. The highest BCUT2D eigenvalue weighted by molar-refractivity contribution is 6.31. The largest absolute Gasteiger partial charge is 0.463 e. The molecule has 3 heterocycles. The number of alkyl halides is 2. The van der Waals surface area contributed by atoms with E-state index in [9.17, 15) is 27.6 Å². The topological polar surface area (TPSA) is 115 Å². The summed E-state index contributed by atoms with van der Waals surface area (Å²) < 4.78 is 58.5. The molecule has 0 atom stereocenters. The number of pyridine rings is 2. The highest BCUT2D eigenvalue weighted by Crippen LogP contribution is 2.33. The zero-order chi connectivity index (χ0) is 25.9. The highest BCUT2D eigenvalue weighted by atomic mass is 35.5. The second-order valence-electron chi connectivity index (χ2n) is 7.02. The first kappa shape index (κ1) is 25.7. The van der Waals surface area contributed by atoms with Crippen LogP contribution in [0.4, 0.5) is 13.2 Å². The lowest BCUT2D eigenvalue weighted by Crippen LogP contribution is -2.41. The van der Waals surface area contributed by atoms with Crippen molar-refractivity contribution in [2.24, 2.45) is 7.05 Å². The van der Waals surface area contributed by atoms with Crippen LogP contribution < -0.4 is 20.7 Å². The molecule has 3 aromatic rings. The fraction of sp³-hybridized carbons (Fsp3) is 0.286. The van der Waals surface area contributed by atoms with E-state index >= 15 is 0 Å². The molecule has 186 valence electrons. The van der Waals surface area contributed by atoms with E-state index < -0.39 is 53.0 Å². The van der Waals surface area contributed by atoms with Crippen LogP contribution in [0.25, 0.3) is 5.82 Å². The number of esters is 1. The summed E-state index contributed by atoms with van der Waals surface area (Å²) in [5, 5.41) is -0.354. The Morgan fingerprint density at radius 2 is 1.94 bits per heavy atom. The Bertz CT molecular complexity index is 1390. The molecule has 14 heteroatoms. The Morgan fingerprint density at radius 3 is 2.60 bits per heavy atom. The van der Waals surface area contributed by atoms with Gasteiger partial charge >= 0.3 is 11.7 Å². The van der Waals surface area contributed by atoms with Crippen molar-refractivity contribution in [2.45, 2.75) is 19.8 Å². The third-order valence-electron chi connectivity index (χ3n) is 4.44. The molecule has 3 aromatic heterocycles. The van der Waals surface area contributed by atoms with Gasteiger partial charge in [-0.15, -0.1) is 0 Å². The van der Waals surface area contributed by atoms with Gasteiger partial charge in [-0.1, -0.05) is 11.6 Å². The predicted octanol–water partition coefficient (Wildman–Crippen LogP) is 2.96. The minimum absolute atomic E-state index is 0.0926. The van der Waals surface area contributed by atoms with Crippen LogP contribution in [0.3, 0.4) is 0 Å². The summed E-state index contributed by atoms with van der Waals surface area (Å²) in [6.45, 7) is 1.78. The van der Waals surface area contributed by atoms with Crippen LogP contribution >= 0.6 is 11.6 Å². The molecule has 0 N–H and O–H groups in total. The van der Waals surface area contributed by atoms with E-state index in [1.807, 2.05) is 0 Å². The summed E-state index contributed by atoms with van der Waals surface area (Å²) in [6.07, 6.45) is 1.34. The summed E-state index contributed by atoms with van der Waals surface area (Å²) in [4.78, 5) is 44.4. The molecule has 0 amide bonds. The Hall–Kier alpha value is -3.87. The molecule has 0 aliphatic carbocycles. The van der Waals surface area contributed by atoms with E-state index in [-0.39, 0.29) is 27.8 Å². The molecular weight excluding hydrogens is 497 g/mol. The number of carbonyl (C=O) groups excluding carboxylic acids is 1. The Kier molecular flexibility index (Phi) is 7.48. The quantitative estimate of drug-likeness (QED) is 0.421. The summed E-state index contributed by atoms with van der Waals surface area (Å²) >= 11 is 6.02. The average Bonchev–Trinajstić information content (AvgIpc) is 2.78. The molecule has 10 nitrogen and oxygen atoms in total. The van der Waals surface area contributed by atoms with Crippen molar-refractivity contribution >= 4 is 17.6 Å². The van der Waals surface area contributed by atoms with Crippen LogP contribution in [0.5, 0.6) is 17.5 Å². The Labute approximate surface area is 200 Å². The van der Waals surface area contributed by atoms with E-state index in [2.05, 4.69) is 9.97 Å². The van der Waals surface area contributed by atoms with Gasteiger partial charge in [-0.25, -0.2) is 32.3 Å². The van der Waals surface area contributed by atoms with Crippen LogP contribution in [0, 0.1) is 5.82 Å². The molecule has 0 aromatic carbocycles. The molecule has 0 radical (unpaired) electrons. The van der Waals surface area contributed by atoms with Gasteiger partial charge in [0.25, 0.3) is 17.4 Å². The zero-order valence-corrected chi connectivity index (χ0v) is 19.3. The lowest BCUT2D eigenvalue weighted by atomic mass is 10.2. The maximum atomic E-state index is 14.7. The summed E-state index contributed by atoms with van der Waals surface area (Å²) in [5.74, 6) is -6.91. The minimum Gasteiger partial charge on any atom is -0.463 e. The maximum absolute atomic E-state index is 14.7. The standard InChI is InChI=1S/C21H18ClF3N4O6/c1-4-33-16(31)10-34-19-13(6-5-7-26-19)35-18-11(22)8-12(23)17(27-18)29-15(30)9-14(21(2,24)25)28(3)20(29)32/h5-9H,4,10H2,1-3H3. The number of hydrogen-bond acceptors (Lipinski definition) is 8. The minimum atomic E-state index is -3.51. The number of hydrogen-bond donors (Lipinski definition) is 0. The van der Waals surface area contributed by atoms with Gasteiger partial charge in [0.1, 0.15) is 5.02 Å². The second-order valence-corrected chi connectivity index (χ2v) is 7.42. The van der Waals surface area contributed by atoms with Gasteiger partial charge < -0.3 is 14.2 Å². The first-order valence-corrected chi connectivity index (χ1v) is 10.3. The van der Waals surface area contributed by atoms with Gasteiger partial charge in [0, 0.05) is 32.3 Å². The van der Waals surface area contributed by atoms with Crippen molar-refractivity contribution in [3.05, 3.63) is 67.8 Å². The molecular formula is C21H18ClF3N4O6. The van der Waals surface area contributed by atoms with Crippen molar-refractivity contribution in [1.82, 2.24) is 19.1 Å². The smallest absolute Gasteiger partial charge is 0.344 e. The van der Waals surface area contributed by atoms with Crippen molar-refractivity contribution in [3.63, 3.8) is 0 Å². The van der Waals surface area contributed by atoms with E-state index in [0.717, 1.165) is 13.1 Å². The van der Waals surface area contributed by atoms with Gasteiger partial charge in [-0.3, -0.25) is 9.36 Å². The normalized spacial score (nSPS) is 11.3. The second kappa shape index (κ2) is 10.2. The average molecular weight is 515 g/mol. The van der Waals surface area contributed by atoms with Crippen molar-refractivity contribution < 1.29 is 32.2 Å². The number of halogens is 4. The summed E-state index contributed by atoms with van der Waals surface area (Å²) in [7, 11) is 0.999. The number of ether oxygens (including phenoxy) is 3. The van der Waals surface area contributed by atoms with Gasteiger partial charge in [-0.2, -0.15) is 4.98 Å². The van der Waals surface area contributed by atoms with Crippen LogP contribution in [0.15, 0.2) is 40.1 Å². The number of aromatic nitrogens is 4. The van der Waals surface area contributed by atoms with E-state index in [1.165, 1.54) is 18.3 Å². The van der Waals surface area contributed by atoms with E-state index in [0.29, 0.717) is 17.6 Å². The van der Waals surface area contributed by atoms with Gasteiger partial charge in [-0.05, 0) is 19.1 Å².